The number of hydrogen-bond acceptors (Lipinski definition) is 0. The Hall–Kier alpha value is -0.300. The molecule has 1 aromatic carbocycles. The van der Waals surface area contributed by atoms with Crippen molar-refractivity contribution in [2.75, 3.05) is 0 Å². The molecule has 4 atom stereocenters. The van der Waals surface area contributed by atoms with E-state index in [2.05, 4.69) is 46.3 Å². The lowest BCUT2D eigenvalue weighted by molar-refractivity contribution is 0.129. The van der Waals surface area contributed by atoms with Gasteiger partial charge in [0.05, 0.1) is 0 Å². The molecule has 2 fully saturated rings. The van der Waals surface area contributed by atoms with E-state index in [1.807, 2.05) is 0 Å². The summed E-state index contributed by atoms with van der Waals surface area (Å²) in [5, 5.41) is 0. The van der Waals surface area contributed by atoms with Crippen LogP contribution in [0.3, 0.4) is 0 Å². The molecule has 0 N–H and O–H groups in total. The number of fused-ring (bicyclic) bond motifs is 1. The van der Waals surface area contributed by atoms with Gasteiger partial charge in [-0.1, -0.05) is 71.9 Å². The van der Waals surface area contributed by atoms with Crippen molar-refractivity contribution < 1.29 is 0 Å². The Balaban J connectivity index is 1.57. The Bertz CT molecular complexity index is 386. The molecular formula is C18H25Br. The lowest BCUT2D eigenvalue weighted by atomic mass is 9.66. The van der Waals surface area contributed by atoms with Crippen molar-refractivity contribution in [1.29, 1.82) is 0 Å². The van der Waals surface area contributed by atoms with Crippen LogP contribution in [0.2, 0.25) is 0 Å². The van der Waals surface area contributed by atoms with Crippen LogP contribution in [0.5, 0.6) is 0 Å². The fraction of sp³-hybridized carbons (Fsp3) is 0.667. The van der Waals surface area contributed by atoms with Gasteiger partial charge in [0.25, 0.3) is 0 Å². The fourth-order valence-corrected chi connectivity index (χ4v) is 5.10. The van der Waals surface area contributed by atoms with Gasteiger partial charge in [-0.15, -0.1) is 0 Å². The normalized spacial score (nSPS) is 32.6. The van der Waals surface area contributed by atoms with E-state index in [1.54, 1.807) is 0 Å². The van der Waals surface area contributed by atoms with Crippen LogP contribution in [0.25, 0.3) is 0 Å². The molecule has 0 spiro atoms. The Kier molecular flexibility index (Phi) is 4.63. The average molecular weight is 321 g/mol. The molecule has 2 saturated carbocycles. The van der Waals surface area contributed by atoms with Crippen LogP contribution in [0.1, 0.15) is 50.5 Å². The van der Waals surface area contributed by atoms with E-state index in [0.29, 0.717) is 4.83 Å². The first-order valence-corrected chi connectivity index (χ1v) is 8.92. The smallest absolute Gasteiger partial charge is 0.0214 e. The van der Waals surface area contributed by atoms with E-state index in [4.69, 9.17) is 0 Å². The van der Waals surface area contributed by atoms with Crippen molar-refractivity contribution in [2.24, 2.45) is 17.8 Å². The van der Waals surface area contributed by atoms with Crippen LogP contribution in [0.4, 0.5) is 0 Å². The predicted octanol–water partition coefficient (Wildman–Crippen LogP) is 5.60. The van der Waals surface area contributed by atoms with Gasteiger partial charge in [-0.25, -0.2) is 0 Å². The third-order valence-electron chi connectivity index (χ3n) is 5.37. The number of benzene rings is 1. The monoisotopic (exact) mass is 320 g/mol. The highest BCUT2D eigenvalue weighted by molar-refractivity contribution is 9.09. The Morgan fingerprint density at radius 3 is 2.47 bits per heavy atom. The summed E-state index contributed by atoms with van der Waals surface area (Å²) in [5.74, 6) is 3.02. The van der Waals surface area contributed by atoms with Gasteiger partial charge in [-0.05, 0) is 49.0 Å². The van der Waals surface area contributed by atoms with Crippen molar-refractivity contribution in [2.45, 2.75) is 56.2 Å². The van der Waals surface area contributed by atoms with Crippen molar-refractivity contribution >= 4 is 15.9 Å². The van der Waals surface area contributed by atoms with Crippen LogP contribution in [-0.2, 0) is 6.42 Å². The second-order valence-electron chi connectivity index (χ2n) is 6.58. The highest BCUT2D eigenvalue weighted by Crippen LogP contribution is 2.45. The summed E-state index contributed by atoms with van der Waals surface area (Å²) < 4.78 is 0. The molecule has 0 nitrogen and oxygen atoms in total. The molecule has 2 aliphatic carbocycles. The lowest BCUT2D eigenvalue weighted by Gasteiger charge is -2.41. The molecule has 4 unspecified atom stereocenters. The third-order valence-corrected chi connectivity index (χ3v) is 6.44. The zero-order chi connectivity index (χ0) is 13.1. The van der Waals surface area contributed by atoms with Gasteiger partial charge in [-0.3, -0.25) is 0 Å². The molecule has 1 aromatic rings. The van der Waals surface area contributed by atoms with Gasteiger partial charge in [0.1, 0.15) is 0 Å². The average Bonchev–Trinajstić information content (AvgIpc) is 2.48. The summed E-state index contributed by atoms with van der Waals surface area (Å²) in [6.45, 7) is 0. The van der Waals surface area contributed by atoms with E-state index < -0.39 is 0 Å². The SMILES string of the molecule is BrC(Cc1ccccc1)C1CCC2CCCCC2C1. The van der Waals surface area contributed by atoms with Gasteiger partial charge < -0.3 is 0 Å². The van der Waals surface area contributed by atoms with Gasteiger partial charge in [0.15, 0.2) is 0 Å². The molecule has 0 amide bonds. The van der Waals surface area contributed by atoms with Crippen LogP contribution < -0.4 is 0 Å². The number of rotatable bonds is 3. The first-order valence-electron chi connectivity index (χ1n) is 8.01. The number of hydrogen-bond donors (Lipinski definition) is 0. The van der Waals surface area contributed by atoms with E-state index in [1.165, 1.54) is 56.9 Å². The first kappa shape index (κ1) is 13.7. The van der Waals surface area contributed by atoms with Crippen LogP contribution in [0.15, 0.2) is 30.3 Å². The molecule has 2 aliphatic rings. The van der Waals surface area contributed by atoms with Gasteiger partial charge in [0, 0.05) is 4.83 Å². The molecular weight excluding hydrogens is 296 g/mol. The van der Waals surface area contributed by atoms with Crippen LogP contribution >= 0.6 is 15.9 Å². The topological polar surface area (TPSA) is 0 Å². The number of halogens is 1. The van der Waals surface area contributed by atoms with Crippen molar-refractivity contribution in [1.82, 2.24) is 0 Å². The van der Waals surface area contributed by atoms with E-state index in [-0.39, 0.29) is 0 Å². The minimum atomic E-state index is 0.678. The summed E-state index contributed by atoms with van der Waals surface area (Å²) >= 11 is 3.99. The quantitative estimate of drug-likeness (QED) is 0.636. The molecule has 0 aromatic heterocycles. The van der Waals surface area contributed by atoms with Gasteiger partial charge in [0.2, 0.25) is 0 Å². The molecule has 3 rings (SSSR count). The summed E-state index contributed by atoms with van der Waals surface area (Å²) in [6, 6.07) is 11.0. The molecule has 19 heavy (non-hydrogen) atoms. The Morgan fingerprint density at radius 2 is 1.68 bits per heavy atom. The highest BCUT2D eigenvalue weighted by atomic mass is 79.9. The fourth-order valence-electron chi connectivity index (χ4n) is 4.24. The van der Waals surface area contributed by atoms with E-state index >= 15 is 0 Å². The predicted molar refractivity (Wildman–Crippen MR) is 85.7 cm³/mol. The van der Waals surface area contributed by atoms with Crippen molar-refractivity contribution in [3.8, 4) is 0 Å². The maximum atomic E-state index is 3.99. The van der Waals surface area contributed by atoms with Crippen molar-refractivity contribution in [3.63, 3.8) is 0 Å². The summed E-state index contributed by atoms with van der Waals surface area (Å²) in [5.41, 5.74) is 1.48. The standard InChI is InChI=1S/C18H25Br/c19-18(12-14-6-2-1-3-7-14)17-11-10-15-8-4-5-9-16(15)13-17/h1-3,6-7,15-18H,4-5,8-13H2. The summed E-state index contributed by atoms with van der Waals surface area (Å²) in [6.07, 6.45) is 11.6. The minimum absolute atomic E-state index is 0.678. The van der Waals surface area contributed by atoms with Gasteiger partial charge in [-0.2, -0.15) is 0 Å². The third kappa shape index (κ3) is 3.42. The molecule has 0 bridgehead atoms. The van der Waals surface area contributed by atoms with E-state index in [9.17, 15) is 0 Å². The van der Waals surface area contributed by atoms with Crippen molar-refractivity contribution in [3.05, 3.63) is 35.9 Å². The highest BCUT2D eigenvalue weighted by Gasteiger charge is 2.34. The zero-order valence-electron chi connectivity index (χ0n) is 11.7. The lowest BCUT2D eigenvalue weighted by Crippen LogP contribution is -2.32. The molecule has 0 radical (unpaired) electrons. The first-order chi connectivity index (χ1) is 9.33. The number of alkyl halides is 1. The minimum Gasteiger partial charge on any atom is -0.0884 e. The largest absolute Gasteiger partial charge is 0.0884 e. The second kappa shape index (κ2) is 6.43. The maximum Gasteiger partial charge on any atom is 0.0214 e. The van der Waals surface area contributed by atoms with Crippen LogP contribution in [0, 0.1) is 17.8 Å². The molecule has 104 valence electrons. The molecule has 0 heterocycles. The molecule has 0 saturated heterocycles. The molecule has 0 aliphatic heterocycles. The zero-order valence-corrected chi connectivity index (χ0v) is 13.3. The van der Waals surface area contributed by atoms with E-state index in [0.717, 1.165) is 17.8 Å². The Morgan fingerprint density at radius 1 is 0.947 bits per heavy atom. The molecule has 1 heteroatoms. The summed E-state index contributed by atoms with van der Waals surface area (Å²) in [4.78, 5) is 0.678. The summed E-state index contributed by atoms with van der Waals surface area (Å²) in [7, 11) is 0. The second-order valence-corrected chi connectivity index (χ2v) is 7.76. The Labute approximate surface area is 126 Å². The van der Waals surface area contributed by atoms with Gasteiger partial charge >= 0.3 is 0 Å². The van der Waals surface area contributed by atoms with Crippen LogP contribution in [-0.4, -0.2) is 4.83 Å². The maximum absolute atomic E-state index is 3.99.